The number of rotatable bonds is 2. The van der Waals surface area contributed by atoms with Gasteiger partial charge in [0.1, 0.15) is 5.75 Å². The summed E-state index contributed by atoms with van der Waals surface area (Å²) in [6.45, 7) is 11.5. The summed E-state index contributed by atoms with van der Waals surface area (Å²) < 4.78 is 11.5. The predicted molar refractivity (Wildman–Crippen MR) is 77.8 cm³/mol. The Morgan fingerprint density at radius 2 is 1.95 bits per heavy atom. The zero-order valence-corrected chi connectivity index (χ0v) is 12.8. The molecule has 1 heterocycles. The molecule has 3 heteroatoms. The molecule has 2 atom stereocenters. The molecule has 1 aliphatic heterocycles. The smallest absolute Gasteiger partial charge is 0.122 e. The van der Waals surface area contributed by atoms with Gasteiger partial charge in [0.25, 0.3) is 0 Å². The Morgan fingerprint density at radius 3 is 2.53 bits per heavy atom. The van der Waals surface area contributed by atoms with Gasteiger partial charge in [-0.05, 0) is 57.4 Å². The van der Waals surface area contributed by atoms with Gasteiger partial charge in [0.15, 0.2) is 0 Å². The molecule has 0 aromatic heterocycles. The second kappa shape index (κ2) is 5.14. The van der Waals surface area contributed by atoms with Gasteiger partial charge in [-0.3, -0.25) is 0 Å². The molecule has 19 heavy (non-hydrogen) atoms. The SMILES string of the molecule is COc1ccc(C2OCC(C)(C)NC2C)c(C)c1C. The molecular weight excluding hydrogens is 238 g/mol. The van der Waals surface area contributed by atoms with Crippen LogP contribution in [0.25, 0.3) is 0 Å². The average Bonchev–Trinajstić information content (AvgIpc) is 2.33. The molecule has 0 bridgehead atoms. The topological polar surface area (TPSA) is 30.5 Å². The molecule has 2 rings (SSSR count). The van der Waals surface area contributed by atoms with Crippen molar-refractivity contribution in [3.63, 3.8) is 0 Å². The fourth-order valence-corrected chi connectivity index (χ4v) is 2.88. The van der Waals surface area contributed by atoms with E-state index in [-0.39, 0.29) is 11.6 Å². The fourth-order valence-electron chi connectivity index (χ4n) is 2.88. The summed E-state index contributed by atoms with van der Waals surface area (Å²) in [5.74, 6) is 0.943. The highest BCUT2D eigenvalue weighted by atomic mass is 16.5. The zero-order chi connectivity index (χ0) is 14.2. The molecule has 0 radical (unpaired) electrons. The second-order valence-corrected chi connectivity index (χ2v) is 6.16. The van der Waals surface area contributed by atoms with Crippen molar-refractivity contribution >= 4 is 0 Å². The molecule has 1 fully saturated rings. The molecular formula is C16H25NO2. The number of nitrogens with one attached hydrogen (secondary N) is 1. The van der Waals surface area contributed by atoms with E-state index >= 15 is 0 Å². The van der Waals surface area contributed by atoms with Crippen molar-refractivity contribution in [2.45, 2.75) is 52.3 Å². The van der Waals surface area contributed by atoms with Crippen LogP contribution in [0.4, 0.5) is 0 Å². The molecule has 1 aromatic rings. The molecule has 1 saturated heterocycles. The predicted octanol–water partition coefficient (Wildman–Crippen LogP) is 3.14. The van der Waals surface area contributed by atoms with Crippen LogP contribution >= 0.6 is 0 Å². The number of hydrogen-bond acceptors (Lipinski definition) is 3. The van der Waals surface area contributed by atoms with E-state index in [1.54, 1.807) is 7.11 Å². The van der Waals surface area contributed by atoms with Crippen molar-refractivity contribution in [2.24, 2.45) is 0 Å². The summed E-state index contributed by atoms with van der Waals surface area (Å²) in [6.07, 6.45) is 0.109. The molecule has 1 N–H and O–H groups in total. The van der Waals surface area contributed by atoms with Crippen LogP contribution in [0.5, 0.6) is 5.75 Å². The van der Waals surface area contributed by atoms with E-state index in [2.05, 4.69) is 46.0 Å². The van der Waals surface area contributed by atoms with Crippen LogP contribution in [-0.4, -0.2) is 25.3 Å². The lowest BCUT2D eigenvalue weighted by Gasteiger charge is -2.41. The van der Waals surface area contributed by atoms with Gasteiger partial charge in [-0.2, -0.15) is 0 Å². The van der Waals surface area contributed by atoms with Gasteiger partial charge in [0.2, 0.25) is 0 Å². The zero-order valence-electron chi connectivity index (χ0n) is 12.8. The Bertz CT molecular complexity index is 468. The van der Waals surface area contributed by atoms with E-state index in [1.165, 1.54) is 16.7 Å². The van der Waals surface area contributed by atoms with Crippen molar-refractivity contribution in [2.75, 3.05) is 13.7 Å². The molecule has 1 aromatic carbocycles. The third-order valence-electron chi connectivity index (χ3n) is 4.00. The number of benzene rings is 1. The first kappa shape index (κ1) is 14.4. The van der Waals surface area contributed by atoms with Gasteiger partial charge in [-0.1, -0.05) is 6.07 Å². The van der Waals surface area contributed by atoms with Crippen LogP contribution in [-0.2, 0) is 4.74 Å². The van der Waals surface area contributed by atoms with Crippen molar-refractivity contribution < 1.29 is 9.47 Å². The molecule has 3 nitrogen and oxygen atoms in total. The molecule has 106 valence electrons. The summed E-state index contributed by atoms with van der Waals surface area (Å²) in [4.78, 5) is 0. The van der Waals surface area contributed by atoms with Crippen LogP contribution in [0.2, 0.25) is 0 Å². The average molecular weight is 263 g/mol. The van der Waals surface area contributed by atoms with Gasteiger partial charge in [-0.15, -0.1) is 0 Å². The van der Waals surface area contributed by atoms with Crippen LogP contribution in [0.15, 0.2) is 12.1 Å². The summed E-state index contributed by atoms with van der Waals surface area (Å²) >= 11 is 0. The molecule has 2 unspecified atom stereocenters. The van der Waals surface area contributed by atoms with Gasteiger partial charge in [-0.25, -0.2) is 0 Å². The molecule has 1 aliphatic rings. The lowest BCUT2D eigenvalue weighted by molar-refractivity contribution is -0.0498. The van der Waals surface area contributed by atoms with Crippen LogP contribution in [0.3, 0.4) is 0 Å². The second-order valence-electron chi connectivity index (χ2n) is 6.16. The summed E-state index contributed by atoms with van der Waals surface area (Å²) in [6, 6.07) is 4.46. The van der Waals surface area contributed by atoms with E-state index in [9.17, 15) is 0 Å². The highest BCUT2D eigenvalue weighted by Gasteiger charge is 2.34. The van der Waals surface area contributed by atoms with Gasteiger partial charge in [0, 0.05) is 11.6 Å². The first-order valence-electron chi connectivity index (χ1n) is 6.89. The van der Waals surface area contributed by atoms with Gasteiger partial charge < -0.3 is 14.8 Å². The summed E-state index contributed by atoms with van der Waals surface area (Å²) in [5.41, 5.74) is 3.76. The van der Waals surface area contributed by atoms with Crippen molar-refractivity contribution in [1.29, 1.82) is 0 Å². The first-order chi connectivity index (χ1) is 8.85. The maximum atomic E-state index is 6.10. The molecule has 0 aliphatic carbocycles. The Labute approximate surface area is 116 Å². The third-order valence-corrected chi connectivity index (χ3v) is 4.00. The van der Waals surface area contributed by atoms with Crippen LogP contribution < -0.4 is 10.1 Å². The fraction of sp³-hybridized carbons (Fsp3) is 0.625. The standard InChI is InChI=1S/C16H25NO2/c1-10-11(2)14(18-6)8-7-13(10)15-12(3)17-16(4,5)9-19-15/h7-8,12,15,17H,9H2,1-6H3. The van der Waals surface area contributed by atoms with E-state index in [0.29, 0.717) is 6.04 Å². The number of hydrogen-bond donors (Lipinski definition) is 1. The summed E-state index contributed by atoms with van der Waals surface area (Å²) in [5, 5.41) is 3.62. The minimum absolute atomic E-state index is 0.0470. The number of methoxy groups -OCH3 is 1. The van der Waals surface area contributed by atoms with E-state index in [1.807, 2.05) is 6.07 Å². The normalized spacial score (nSPS) is 26.2. The Morgan fingerprint density at radius 1 is 1.26 bits per heavy atom. The van der Waals surface area contributed by atoms with E-state index in [4.69, 9.17) is 9.47 Å². The van der Waals surface area contributed by atoms with Crippen molar-refractivity contribution in [3.05, 3.63) is 28.8 Å². The highest BCUT2D eigenvalue weighted by Crippen LogP contribution is 2.34. The lowest BCUT2D eigenvalue weighted by atomic mass is 9.91. The minimum Gasteiger partial charge on any atom is -0.496 e. The minimum atomic E-state index is 0.0470. The molecule has 0 amide bonds. The van der Waals surface area contributed by atoms with Crippen LogP contribution in [0, 0.1) is 13.8 Å². The largest absolute Gasteiger partial charge is 0.496 e. The summed E-state index contributed by atoms with van der Waals surface area (Å²) in [7, 11) is 1.71. The Hall–Kier alpha value is -1.06. The maximum absolute atomic E-state index is 6.10. The van der Waals surface area contributed by atoms with Crippen molar-refractivity contribution in [1.82, 2.24) is 5.32 Å². The van der Waals surface area contributed by atoms with E-state index in [0.717, 1.165) is 12.4 Å². The Kier molecular flexibility index (Phi) is 3.88. The first-order valence-corrected chi connectivity index (χ1v) is 6.89. The van der Waals surface area contributed by atoms with Crippen molar-refractivity contribution in [3.8, 4) is 5.75 Å². The monoisotopic (exact) mass is 263 g/mol. The number of morpholine rings is 1. The quantitative estimate of drug-likeness (QED) is 0.889. The van der Waals surface area contributed by atoms with E-state index < -0.39 is 0 Å². The van der Waals surface area contributed by atoms with Crippen LogP contribution in [0.1, 0.15) is 43.6 Å². The third kappa shape index (κ3) is 2.77. The van der Waals surface area contributed by atoms with Gasteiger partial charge >= 0.3 is 0 Å². The maximum Gasteiger partial charge on any atom is 0.122 e. The van der Waals surface area contributed by atoms with Gasteiger partial charge in [0.05, 0.1) is 19.8 Å². The lowest BCUT2D eigenvalue weighted by Crippen LogP contribution is -2.55. The highest BCUT2D eigenvalue weighted by molar-refractivity contribution is 5.45. The number of ether oxygens (including phenoxy) is 2. The molecule has 0 spiro atoms. The molecule has 0 saturated carbocycles. The Balaban J connectivity index is 2.30.